The number of aliphatic hydroxyl groups is 1. The van der Waals surface area contributed by atoms with Gasteiger partial charge in [-0.2, -0.15) is 0 Å². The van der Waals surface area contributed by atoms with Crippen molar-refractivity contribution in [3.63, 3.8) is 0 Å². The molecule has 3 heteroatoms. The van der Waals surface area contributed by atoms with Crippen LogP contribution in [0.2, 0.25) is 0 Å². The van der Waals surface area contributed by atoms with Gasteiger partial charge in [0.15, 0.2) is 5.78 Å². The fourth-order valence-corrected chi connectivity index (χ4v) is 7.32. The minimum atomic E-state index is -1.36. The average Bonchev–Trinajstić information content (AvgIpc) is 3.09. The molecule has 0 radical (unpaired) electrons. The predicted octanol–water partition coefficient (Wildman–Crippen LogP) is 8.71. The van der Waals surface area contributed by atoms with Gasteiger partial charge in [0.2, 0.25) is 0 Å². The summed E-state index contributed by atoms with van der Waals surface area (Å²) in [5.41, 5.74) is 4.63. The minimum Gasteiger partial charge on any atom is -0.382 e. The van der Waals surface area contributed by atoms with Crippen molar-refractivity contribution in [3.8, 4) is 11.1 Å². The summed E-state index contributed by atoms with van der Waals surface area (Å²) in [5, 5.41) is 11.2. The van der Waals surface area contributed by atoms with Crippen molar-refractivity contribution in [2.75, 3.05) is 0 Å². The van der Waals surface area contributed by atoms with Crippen LogP contribution in [0.15, 0.2) is 41.3 Å². The van der Waals surface area contributed by atoms with E-state index in [4.69, 9.17) is 0 Å². The van der Waals surface area contributed by atoms with Crippen molar-refractivity contribution < 1.29 is 9.90 Å². The first kappa shape index (κ1) is 25.5. The van der Waals surface area contributed by atoms with Crippen molar-refractivity contribution in [2.24, 2.45) is 0 Å². The standard InChI is InChI=1S/C31H42O2S/c1-5-7-18-31(19-8-6-2)27-20-22(29(32)30(3,4)33)14-16-25(27)26-17-15-24(21-28(26)31)34-23-12-10-9-11-13-23/h14-17,20-21,23,33H,5-13,18-19H2,1-4H3. The molecule has 2 aromatic rings. The number of Topliss-reactive ketones (excluding diaryl/α,β-unsaturated/α-hetero) is 1. The Balaban J connectivity index is 1.81. The number of ketones is 1. The van der Waals surface area contributed by atoms with Crippen LogP contribution >= 0.6 is 11.8 Å². The second kappa shape index (κ2) is 10.6. The first-order valence-corrected chi connectivity index (χ1v) is 14.4. The minimum absolute atomic E-state index is 0.0459. The van der Waals surface area contributed by atoms with Crippen molar-refractivity contribution in [3.05, 3.63) is 53.1 Å². The van der Waals surface area contributed by atoms with Crippen LogP contribution in [-0.4, -0.2) is 21.7 Å². The second-order valence-corrected chi connectivity index (χ2v) is 12.4. The molecule has 4 rings (SSSR count). The largest absolute Gasteiger partial charge is 0.382 e. The van der Waals surface area contributed by atoms with Gasteiger partial charge in [-0.1, -0.05) is 77.0 Å². The van der Waals surface area contributed by atoms with Gasteiger partial charge in [-0.15, -0.1) is 11.8 Å². The molecule has 0 unspecified atom stereocenters. The van der Waals surface area contributed by atoms with Gasteiger partial charge in [-0.25, -0.2) is 0 Å². The summed E-state index contributed by atoms with van der Waals surface area (Å²) in [6.07, 6.45) is 13.7. The molecule has 0 aromatic heterocycles. The number of rotatable bonds is 10. The van der Waals surface area contributed by atoms with E-state index >= 15 is 0 Å². The molecule has 0 bridgehead atoms. The van der Waals surface area contributed by atoms with E-state index in [2.05, 4.69) is 55.9 Å². The molecule has 1 fully saturated rings. The predicted molar refractivity (Wildman–Crippen MR) is 145 cm³/mol. The third-order valence-corrected chi connectivity index (χ3v) is 9.25. The van der Waals surface area contributed by atoms with Crippen molar-refractivity contribution in [2.45, 2.75) is 119 Å². The van der Waals surface area contributed by atoms with Crippen LogP contribution in [0.4, 0.5) is 0 Å². The molecule has 0 saturated heterocycles. The lowest BCUT2D eigenvalue weighted by molar-refractivity contribution is 0.0488. The van der Waals surface area contributed by atoms with E-state index in [1.807, 2.05) is 6.07 Å². The summed E-state index contributed by atoms with van der Waals surface area (Å²) < 4.78 is 0. The number of fused-ring (bicyclic) bond motifs is 3. The maximum absolute atomic E-state index is 13.0. The van der Waals surface area contributed by atoms with Crippen LogP contribution in [0.25, 0.3) is 11.1 Å². The normalized spacial score (nSPS) is 17.4. The zero-order valence-corrected chi connectivity index (χ0v) is 22.4. The zero-order valence-electron chi connectivity index (χ0n) is 21.6. The summed E-state index contributed by atoms with van der Waals surface area (Å²) in [6.45, 7) is 7.72. The highest BCUT2D eigenvalue weighted by Gasteiger charge is 2.43. The molecule has 2 aliphatic rings. The van der Waals surface area contributed by atoms with Crippen molar-refractivity contribution in [1.82, 2.24) is 0 Å². The van der Waals surface area contributed by atoms with E-state index in [9.17, 15) is 9.90 Å². The summed E-state index contributed by atoms with van der Waals surface area (Å²) in [7, 11) is 0. The molecular formula is C31H42O2S. The first-order valence-electron chi connectivity index (χ1n) is 13.5. The molecule has 34 heavy (non-hydrogen) atoms. The molecule has 0 amide bonds. The Kier molecular flexibility index (Phi) is 7.94. The zero-order chi connectivity index (χ0) is 24.3. The van der Waals surface area contributed by atoms with Gasteiger partial charge in [-0.05, 0) is 80.0 Å². The second-order valence-electron chi connectivity index (χ2n) is 11.0. The molecule has 2 aliphatic carbocycles. The highest BCUT2D eigenvalue weighted by Crippen LogP contribution is 2.55. The molecule has 2 aromatic carbocycles. The fraction of sp³-hybridized carbons (Fsp3) is 0.581. The molecule has 0 atom stereocenters. The van der Waals surface area contributed by atoms with E-state index < -0.39 is 5.60 Å². The Morgan fingerprint density at radius 3 is 2.12 bits per heavy atom. The van der Waals surface area contributed by atoms with Gasteiger partial charge in [0, 0.05) is 21.1 Å². The van der Waals surface area contributed by atoms with Gasteiger partial charge in [0.25, 0.3) is 0 Å². The molecule has 0 heterocycles. The maximum Gasteiger partial charge on any atom is 0.193 e. The molecule has 184 valence electrons. The highest BCUT2D eigenvalue weighted by atomic mass is 32.2. The number of thioether (sulfide) groups is 1. The van der Waals surface area contributed by atoms with Gasteiger partial charge < -0.3 is 5.11 Å². The Bertz CT molecular complexity index is 1000. The summed E-state index contributed by atoms with van der Waals surface area (Å²) >= 11 is 2.08. The Morgan fingerprint density at radius 1 is 0.941 bits per heavy atom. The first-order chi connectivity index (χ1) is 16.3. The lowest BCUT2D eigenvalue weighted by Gasteiger charge is -2.33. The molecule has 0 spiro atoms. The molecule has 0 aliphatic heterocycles. The van der Waals surface area contributed by atoms with E-state index in [1.165, 1.54) is 72.1 Å². The van der Waals surface area contributed by atoms with E-state index in [1.54, 1.807) is 13.8 Å². The lowest BCUT2D eigenvalue weighted by atomic mass is 9.70. The third kappa shape index (κ3) is 5.02. The van der Waals surface area contributed by atoms with Crippen LogP contribution in [0.1, 0.15) is 120 Å². The number of hydrogen-bond acceptors (Lipinski definition) is 3. The van der Waals surface area contributed by atoms with Crippen LogP contribution in [0.5, 0.6) is 0 Å². The molecule has 1 saturated carbocycles. The van der Waals surface area contributed by atoms with Crippen molar-refractivity contribution >= 4 is 17.5 Å². The van der Waals surface area contributed by atoms with Gasteiger partial charge in [0.05, 0.1) is 0 Å². The average molecular weight is 479 g/mol. The maximum atomic E-state index is 13.0. The Hall–Kier alpha value is -1.58. The monoisotopic (exact) mass is 478 g/mol. The van der Waals surface area contributed by atoms with Gasteiger partial charge in [0.1, 0.15) is 5.60 Å². The Morgan fingerprint density at radius 2 is 1.53 bits per heavy atom. The molecule has 1 N–H and O–H groups in total. The smallest absolute Gasteiger partial charge is 0.193 e. The molecule has 2 nitrogen and oxygen atoms in total. The number of carbonyl (C=O) groups excluding carboxylic acids is 1. The summed E-state index contributed by atoms with van der Waals surface area (Å²) in [4.78, 5) is 14.4. The number of hydrogen-bond donors (Lipinski definition) is 1. The number of benzene rings is 2. The van der Waals surface area contributed by atoms with E-state index in [-0.39, 0.29) is 11.2 Å². The van der Waals surface area contributed by atoms with E-state index in [0.29, 0.717) is 5.56 Å². The quantitative estimate of drug-likeness (QED) is 0.347. The topological polar surface area (TPSA) is 37.3 Å². The van der Waals surface area contributed by atoms with Crippen LogP contribution < -0.4 is 0 Å². The summed E-state index contributed by atoms with van der Waals surface area (Å²) in [6, 6.07) is 13.3. The third-order valence-electron chi connectivity index (χ3n) is 7.92. The fourth-order valence-electron chi connectivity index (χ4n) is 6.04. The SMILES string of the molecule is CCCCC1(CCCC)c2cc(SC3CCCCC3)ccc2-c2ccc(C(=O)C(C)(C)O)cc21. The summed E-state index contributed by atoms with van der Waals surface area (Å²) in [5.74, 6) is -0.195. The Labute approximate surface area is 210 Å². The number of unbranched alkanes of at least 4 members (excludes halogenated alkanes) is 2. The van der Waals surface area contributed by atoms with Crippen LogP contribution in [0.3, 0.4) is 0 Å². The molecular weight excluding hydrogens is 436 g/mol. The van der Waals surface area contributed by atoms with Crippen LogP contribution in [0, 0.1) is 0 Å². The number of carbonyl (C=O) groups is 1. The van der Waals surface area contributed by atoms with Gasteiger partial charge in [-0.3, -0.25) is 4.79 Å². The van der Waals surface area contributed by atoms with Crippen molar-refractivity contribution in [1.29, 1.82) is 0 Å². The van der Waals surface area contributed by atoms with Gasteiger partial charge >= 0.3 is 0 Å². The van der Waals surface area contributed by atoms with E-state index in [0.717, 1.165) is 30.9 Å². The highest BCUT2D eigenvalue weighted by molar-refractivity contribution is 8.00. The van der Waals surface area contributed by atoms with Crippen LogP contribution in [-0.2, 0) is 5.41 Å². The lowest BCUT2D eigenvalue weighted by Crippen LogP contribution is -2.32.